The fourth-order valence-corrected chi connectivity index (χ4v) is 4.72. The first-order chi connectivity index (χ1) is 14.7. The van der Waals surface area contributed by atoms with E-state index >= 15 is 0 Å². The number of rotatable bonds is 7. The lowest BCUT2D eigenvalue weighted by Crippen LogP contribution is -2.23. The topological polar surface area (TPSA) is 104 Å². The molecule has 1 amide bonds. The van der Waals surface area contributed by atoms with Crippen molar-refractivity contribution >= 4 is 43.3 Å². The monoisotopic (exact) mass is 462 g/mol. The summed E-state index contributed by atoms with van der Waals surface area (Å²) in [6.45, 7) is 3.96. The van der Waals surface area contributed by atoms with Crippen LogP contribution in [0.5, 0.6) is 5.75 Å². The summed E-state index contributed by atoms with van der Waals surface area (Å²) >= 11 is 1.12. The van der Waals surface area contributed by atoms with E-state index in [0.29, 0.717) is 28.1 Å². The maximum atomic E-state index is 12.9. The standard InChI is InChI=1S/C21H22N2O6S2/c1-4-28-17-9-7-6-8-15(17)20(25)22-21-23(13-19(24)29-5-2)16-11-10-14(31(3,26)27)12-18(16)30-21/h6-12H,4-5,13H2,1-3H3. The van der Waals surface area contributed by atoms with Crippen molar-refractivity contribution in [3.05, 3.63) is 52.8 Å². The summed E-state index contributed by atoms with van der Waals surface area (Å²) in [7, 11) is -3.42. The number of para-hydroxylation sites is 1. The van der Waals surface area contributed by atoms with Crippen molar-refractivity contribution in [2.75, 3.05) is 19.5 Å². The van der Waals surface area contributed by atoms with E-state index in [1.54, 1.807) is 41.8 Å². The molecule has 0 aliphatic rings. The molecule has 0 aliphatic heterocycles. The molecule has 10 heteroatoms. The minimum atomic E-state index is -3.42. The fraction of sp³-hybridized carbons (Fsp3) is 0.286. The van der Waals surface area contributed by atoms with Gasteiger partial charge in [-0.05, 0) is 44.2 Å². The number of carbonyl (C=O) groups is 2. The number of fused-ring (bicyclic) bond motifs is 1. The average Bonchev–Trinajstić information content (AvgIpc) is 3.04. The van der Waals surface area contributed by atoms with E-state index in [1.165, 1.54) is 12.1 Å². The Balaban J connectivity index is 2.17. The van der Waals surface area contributed by atoms with Gasteiger partial charge in [0.1, 0.15) is 12.3 Å². The molecule has 8 nitrogen and oxygen atoms in total. The Morgan fingerprint density at radius 2 is 1.84 bits per heavy atom. The highest BCUT2D eigenvalue weighted by molar-refractivity contribution is 7.90. The molecule has 31 heavy (non-hydrogen) atoms. The summed E-state index contributed by atoms with van der Waals surface area (Å²) in [5.41, 5.74) is 0.872. The van der Waals surface area contributed by atoms with Crippen LogP contribution in [-0.2, 0) is 25.9 Å². The number of amides is 1. The Bertz CT molecular complexity index is 1300. The molecule has 1 heterocycles. The summed E-state index contributed by atoms with van der Waals surface area (Å²) < 4.78 is 36.5. The highest BCUT2D eigenvalue weighted by Crippen LogP contribution is 2.23. The van der Waals surface area contributed by atoms with E-state index in [9.17, 15) is 18.0 Å². The van der Waals surface area contributed by atoms with Gasteiger partial charge in [-0.3, -0.25) is 9.59 Å². The molecule has 2 aromatic carbocycles. The van der Waals surface area contributed by atoms with Gasteiger partial charge < -0.3 is 14.0 Å². The minimum absolute atomic E-state index is 0.143. The van der Waals surface area contributed by atoms with Gasteiger partial charge in [0, 0.05) is 6.26 Å². The van der Waals surface area contributed by atoms with Crippen LogP contribution in [0, 0.1) is 0 Å². The largest absolute Gasteiger partial charge is 0.493 e. The Hall–Kier alpha value is -2.98. The van der Waals surface area contributed by atoms with Crippen LogP contribution >= 0.6 is 11.3 Å². The fourth-order valence-electron chi connectivity index (χ4n) is 2.93. The molecule has 3 rings (SSSR count). The number of benzene rings is 2. The normalized spacial score (nSPS) is 12.2. The maximum Gasteiger partial charge on any atom is 0.326 e. The molecule has 3 aromatic rings. The highest BCUT2D eigenvalue weighted by atomic mass is 32.2. The second-order valence-corrected chi connectivity index (χ2v) is 9.55. The van der Waals surface area contributed by atoms with Crippen molar-refractivity contribution in [2.45, 2.75) is 25.3 Å². The van der Waals surface area contributed by atoms with E-state index in [-0.39, 0.29) is 22.8 Å². The number of sulfone groups is 1. The number of esters is 1. The molecule has 0 atom stereocenters. The molecule has 0 unspecified atom stereocenters. The molecular formula is C21H22N2O6S2. The summed E-state index contributed by atoms with van der Waals surface area (Å²) in [6, 6.07) is 11.3. The lowest BCUT2D eigenvalue weighted by atomic mass is 10.2. The highest BCUT2D eigenvalue weighted by Gasteiger charge is 2.17. The number of thiazole rings is 1. The third kappa shape index (κ3) is 5.20. The third-order valence-corrected chi connectivity index (χ3v) is 6.44. The van der Waals surface area contributed by atoms with E-state index < -0.39 is 21.7 Å². The Morgan fingerprint density at radius 1 is 1.10 bits per heavy atom. The van der Waals surface area contributed by atoms with E-state index in [1.807, 2.05) is 6.92 Å². The summed E-state index contributed by atoms with van der Waals surface area (Å²) in [4.78, 5) is 29.7. The van der Waals surface area contributed by atoms with Crippen molar-refractivity contribution < 1.29 is 27.5 Å². The SMILES string of the molecule is CCOC(=O)Cn1c(=NC(=O)c2ccccc2OCC)sc2cc(S(C)(=O)=O)ccc21. The molecule has 0 fully saturated rings. The van der Waals surface area contributed by atoms with Gasteiger partial charge in [-0.2, -0.15) is 4.99 Å². The van der Waals surface area contributed by atoms with E-state index in [4.69, 9.17) is 9.47 Å². The first-order valence-electron chi connectivity index (χ1n) is 9.54. The molecule has 0 N–H and O–H groups in total. The molecule has 164 valence electrons. The summed E-state index contributed by atoms with van der Waals surface area (Å²) in [6.07, 6.45) is 1.12. The van der Waals surface area contributed by atoms with Gasteiger partial charge in [0.15, 0.2) is 14.6 Å². The summed E-state index contributed by atoms with van der Waals surface area (Å²) in [5.74, 6) is -0.606. The second kappa shape index (κ2) is 9.44. The average molecular weight is 463 g/mol. The van der Waals surface area contributed by atoms with Crippen molar-refractivity contribution in [1.29, 1.82) is 0 Å². The zero-order valence-corrected chi connectivity index (χ0v) is 19.0. The third-order valence-electron chi connectivity index (χ3n) is 4.29. The Labute approximate surface area is 183 Å². The number of aromatic nitrogens is 1. The van der Waals surface area contributed by atoms with Crippen LogP contribution in [0.1, 0.15) is 24.2 Å². The van der Waals surface area contributed by atoms with Crippen LogP contribution in [0.25, 0.3) is 10.2 Å². The molecule has 0 bridgehead atoms. The van der Waals surface area contributed by atoms with Crippen LogP contribution in [0.3, 0.4) is 0 Å². The molecule has 0 aliphatic carbocycles. The number of nitrogens with zero attached hydrogens (tertiary/aromatic N) is 2. The van der Waals surface area contributed by atoms with Gasteiger partial charge in [0.25, 0.3) is 5.91 Å². The number of carbonyl (C=O) groups excluding carboxylic acids is 2. The van der Waals surface area contributed by atoms with Crippen molar-refractivity contribution in [3.63, 3.8) is 0 Å². The first-order valence-corrected chi connectivity index (χ1v) is 12.2. The molecule has 1 aromatic heterocycles. The van der Waals surface area contributed by atoms with Gasteiger partial charge in [-0.25, -0.2) is 8.42 Å². The van der Waals surface area contributed by atoms with Crippen LogP contribution in [0.2, 0.25) is 0 Å². The molecule has 0 saturated heterocycles. The summed E-state index contributed by atoms with van der Waals surface area (Å²) in [5, 5.41) is 0. The number of hydrogen-bond acceptors (Lipinski definition) is 7. The maximum absolute atomic E-state index is 12.9. The lowest BCUT2D eigenvalue weighted by molar-refractivity contribution is -0.143. The molecular weight excluding hydrogens is 440 g/mol. The van der Waals surface area contributed by atoms with Gasteiger partial charge in [-0.15, -0.1) is 0 Å². The molecule has 0 spiro atoms. The van der Waals surface area contributed by atoms with Gasteiger partial charge in [0.05, 0.1) is 33.9 Å². The smallest absolute Gasteiger partial charge is 0.326 e. The lowest BCUT2D eigenvalue weighted by Gasteiger charge is -2.07. The number of ether oxygens (including phenoxy) is 2. The quantitative estimate of drug-likeness (QED) is 0.500. The zero-order valence-electron chi connectivity index (χ0n) is 17.3. The van der Waals surface area contributed by atoms with Crippen LogP contribution in [0.4, 0.5) is 0 Å². The Morgan fingerprint density at radius 3 is 2.52 bits per heavy atom. The first kappa shape index (κ1) is 22.7. The predicted molar refractivity (Wildman–Crippen MR) is 117 cm³/mol. The zero-order chi connectivity index (χ0) is 22.6. The second-order valence-electron chi connectivity index (χ2n) is 6.52. The van der Waals surface area contributed by atoms with Crippen molar-refractivity contribution in [2.24, 2.45) is 4.99 Å². The van der Waals surface area contributed by atoms with E-state index in [0.717, 1.165) is 17.6 Å². The van der Waals surface area contributed by atoms with Crippen molar-refractivity contribution in [1.82, 2.24) is 4.57 Å². The molecule has 0 saturated carbocycles. The predicted octanol–water partition coefficient (Wildman–Crippen LogP) is 2.81. The van der Waals surface area contributed by atoms with Crippen LogP contribution < -0.4 is 9.54 Å². The van der Waals surface area contributed by atoms with E-state index in [2.05, 4.69) is 4.99 Å². The molecule has 0 radical (unpaired) electrons. The van der Waals surface area contributed by atoms with Crippen LogP contribution in [-0.4, -0.2) is 44.3 Å². The van der Waals surface area contributed by atoms with Gasteiger partial charge in [0.2, 0.25) is 0 Å². The van der Waals surface area contributed by atoms with Gasteiger partial charge in [-0.1, -0.05) is 23.5 Å². The number of hydrogen-bond donors (Lipinski definition) is 0. The Kier molecular flexibility index (Phi) is 6.91. The van der Waals surface area contributed by atoms with Crippen LogP contribution in [0.15, 0.2) is 52.4 Å². The minimum Gasteiger partial charge on any atom is -0.493 e. The van der Waals surface area contributed by atoms with Crippen molar-refractivity contribution in [3.8, 4) is 5.75 Å². The van der Waals surface area contributed by atoms with Gasteiger partial charge >= 0.3 is 5.97 Å².